The van der Waals surface area contributed by atoms with Crippen LogP contribution >= 0.6 is 11.6 Å². The van der Waals surface area contributed by atoms with Crippen molar-refractivity contribution in [2.75, 3.05) is 23.7 Å². The maximum atomic E-state index is 5.82. The van der Waals surface area contributed by atoms with Crippen molar-refractivity contribution < 1.29 is 0 Å². The summed E-state index contributed by atoms with van der Waals surface area (Å²) in [6.45, 7) is 6.50. The van der Waals surface area contributed by atoms with Crippen LogP contribution in [0.1, 0.15) is 33.1 Å². The van der Waals surface area contributed by atoms with Crippen LogP contribution in [0.15, 0.2) is 0 Å². The average molecular weight is 270 g/mol. The zero-order valence-corrected chi connectivity index (χ0v) is 11.7. The molecule has 1 unspecified atom stereocenters. The number of nitrogen functional groups attached to an aromatic ring is 1. The Bertz CT molecular complexity index is 389. The van der Waals surface area contributed by atoms with E-state index in [4.69, 9.17) is 17.3 Å². The fourth-order valence-electron chi connectivity index (χ4n) is 2.48. The summed E-state index contributed by atoms with van der Waals surface area (Å²) in [5, 5.41) is 0.169. The molecule has 1 atom stereocenters. The van der Waals surface area contributed by atoms with Gasteiger partial charge in [-0.05, 0) is 42.7 Å². The molecule has 1 aromatic heterocycles. The third-order valence-corrected chi connectivity index (χ3v) is 3.78. The van der Waals surface area contributed by atoms with Gasteiger partial charge in [0.05, 0.1) is 0 Å². The quantitative estimate of drug-likeness (QED) is 0.893. The van der Waals surface area contributed by atoms with Crippen LogP contribution < -0.4 is 10.6 Å². The van der Waals surface area contributed by atoms with Crippen molar-refractivity contribution in [3.05, 3.63) is 5.28 Å². The number of hydrogen-bond donors (Lipinski definition) is 1. The van der Waals surface area contributed by atoms with Gasteiger partial charge < -0.3 is 10.6 Å². The molecular formula is C12H20ClN5. The minimum absolute atomic E-state index is 0.169. The van der Waals surface area contributed by atoms with Gasteiger partial charge >= 0.3 is 0 Å². The molecule has 0 saturated carbocycles. The van der Waals surface area contributed by atoms with Crippen molar-refractivity contribution in [1.82, 2.24) is 15.0 Å². The predicted molar refractivity (Wildman–Crippen MR) is 73.6 cm³/mol. The van der Waals surface area contributed by atoms with Crippen LogP contribution in [0.2, 0.25) is 5.28 Å². The van der Waals surface area contributed by atoms with Gasteiger partial charge in [-0.15, -0.1) is 0 Å². The Morgan fingerprint density at radius 3 is 2.67 bits per heavy atom. The van der Waals surface area contributed by atoms with Gasteiger partial charge in [0.1, 0.15) is 0 Å². The molecule has 0 radical (unpaired) electrons. The van der Waals surface area contributed by atoms with E-state index in [1.807, 2.05) is 0 Å². The van der Waals surface area contributed by atoms with Crippen LogP contribution in [-0.4, -0.2) is 28.0 Å². The second-order valence-corrected chi connectivity index (χ2v) is 5.52. The molecule has 0 amide bonds. The summed E-state index contributed by atoms with van der Waals surface area (Å²) in [5.74, 6) is 2.31. The summed E-state index contributed by atoms with van der Waals surface area (Å²) in [7, 11) is 0. The molecule has 18 heavy (non-hydrogen) atoms. The van der Waals surface area contributed by atoms with E-state index in [2.05, 4.69) is 33.7 Å². The van der Waals surface area contributed by atoms with E-state index in [0.717, 1.165) is 31.3 Å². The molecular weight excluding hydrogens is 250 g/mol. The first-order valence-electron chi connectivity index (χ1n) is 6.48. The molecule has 1 aromatic rings. The summed E-state index contributed by atoms with van der Waals surface area (Å²) in [4.78, 5) is 14.3. The van der Waals surface area contributed by atoms with Crippen molar-refractivity contribution >= 4 is 23.5 Å². The molecule has 1 aliphatic heterocycles. The molecule has 1 aliphatic rings. The van der Waals surface area contributed by atoms with E-state index in [9.17, 15) is 0 Å². The van der Waals surface area contributed by atoms with Gasteiger partial charge in [-0.1, -0.05) is 13.8 Å². The number of hydrogen-bond acceptors (Lipinski definition) is 5. The van der Waals surface area contributed by atoms with Gasteiger partial charge in [0.2, 0.25) is 17.2 Å². The maximum absolute atomic E-state index is 5.82. The van der Waals surface area contributed by atoms with Gasteiger partial charge in [-0.2, -0.15) is 15.0 Å². The zero-order chi connectivity index (χ0) is 13.1. The molecule has 0 aromatic carbocycles. The summed E-state index contributed by atoms with van der Waals surface area (Å²) in [5.41, 5.74) is 5.61. The first-order chi connectivity index (χ1) is 8.56. The smallest absolute Gasteiger partial charge is 0.231 e. The SMILES string of the molecule is CC(C)C1CCCN(c2nc(N)nc(Cl)n2)CC1. The Labute approximate surface area is 113 Å². The predicted octanol–water partition coefficient (Wildman–Crippen LogP) is 2.37. The van der Waals surface area contributed by atoms with Crippen molar-refractivity contribution in [2.24, 2.45) is 11.8 Å². The molecule has 6 heteroatoms. The van der Waals surface area contributed by atoms with Crippen molar-refractivity contribution in [2.45, 2.75) is 33.1 Å². The highest BCUT2D eigenvalue weighted by Gasteiger charge is 2.21. The van der Waals surface area contributed by atoms with E-state index >= 15 is 0 Å². The Hall–Kier alpha value is -1.10. The second kappa shape index (κ2) is 5.69. The molecule has 2 N–H and O–H groups in total. The van der Waals surface area contributed by atoms with Crippen molar-refractivity contribution in [3.63, 3.8) is 0 Å². The third kappa shape index (κ3) is 3.22. The maximum Gasteiger partial charge on any atom is 0.231 e. The lowest BCUT2D eigenvalue weighted by Crippen LogP contribution is -2.27. The molecule has 2 rings (SSSR count). The van der Waals surface area contributed by atoms with Crippen LogP contribution in [-0.2, 0) is 0 Å². The monoisotopic (exact) mass is 269 g/mol. The van der Waals surface area contributed by atoms with Gasteiger partial charge in [0.25, 0.3) is 0 Å². The molecule has 0 spiro atoms. The number of rotatable bonds is 2. The van der Waals surface area contributed by atoms with E-state index in [1.54, 1.807) is 0 Å². The van der Waals surface area contributed by atoms with Gasteiger partial charge in [0, 0.05) is 13.1 Å². The highest BCUT2D eigenvalue weighted by molar-refractivity contribution is 6.28. The zero-order valence-electron chi connectivity index (χ0n) is 10.9. The number of anilines is 2. The van der Waals surface area contributed by atoms with E-state index in [-0.39, 0.29) is 11.2 Å². The highest BCUT2D eigenvalue weighted by Crippen LogP contribution is 2.26. The topological polar surface area (TPSA) is 67.9 Å². The summed E-state index contributed by atoms with van der Waals surface area (Å²) in [6, 6.07) is 0. The van der Waals surface area contributed by atoms with Crippen LogP contribution in [0.3, 0.4) is 0 Å². The summed E-state index contributed by atoms with van der Waals surface area (Å²) < 4.78 is 0. The largest absolute Gasteiger partial charge is 0.368 e. The second-order valence-electron chi connectivity index (χ2n) is 5.18. The Morgan fingerprint density at radius 1 is 1.22 bits per heavy atom. The normalized spacial score (nSPS) is 21.1. The lowest BCUT2D eigenvalue weighted by molar-refractivity contribution is 0.351. The van der Waals surface area contributed by atoms with Crippen LogP contribution in [0, 0.1) is 11.8 Å². The molecule has 0 bridgehead atoms. The Balaban J connectivity index is 2.09. The van der Waals surface area contributed by atoms with Crippen LogP contribution in [0.5, 0.6) is 0 Å². The van der Waals surface area contributed by atoms with Gasteiger partial charge in [-0.3, -0.25) is 0 Å². The Morgan fingerprint density at radius 2 is 2.00 bits per heavy atom. The average Bonchev–Trinajstić information content (AvgIpc) is 2.52. The Kier molecular flexibility index (Phi) is 4.22. The molecule has 1 saturated heterocycles. The van der Waals surface area contributed by atoms with Crippen LogP contribution in [0.4, 0.5) is 11.9 Å². The minimum atomic E-state index is 0.169. The number of nitrogens with two attached hydrogens (primary N) is 1. The van der Waals surface area contributed by atoms with E-state index in [1.165, 1.54) is 12.8 Å². The summed E-state index contributed by atoms with van der Waals surface area (Å²) in [6.07, 6.45) is 3.59. The van der Waals surface area contributed by atoms with Crippen molar-refractivity contribution in [1.29, 1.82) is 0 Å². The van der Waals surface area contributed by atoms with E-state index < -0.39 is 0 Å². The minimum Gasteiger partial charge on any atom is -0.368 e. The first-order valence-corrected chi connectivity index (χ1v) is 6.86. The lowest BCUT2D eigenvalue weighted by Gasteiger charge is -2.21. The molecule has 0 aliphatic carbocycles. The number of aromatic nitrogens is 3. The molecule has 100 valence electrons. The van der Waals surface area contributed by atoms with Gasteiger partial charge in [-0.25, -0.2) is 0 Å². The standard InChI is InChI=1S/C12H20ClN5/c1-8(2)9-4-3-6-18(7-5-9)12-16-10(13)15-11(14)17-12/h8-9H,3-7H2,1-2H3,(H2,14,15,16,17). The van der Waals surface area contributed by atoms with Crippen LogP contribution in [0.25, 0.3) is 0 Å². The lowest BCUT2D eigenvalue weighted by atomic mass is 9.89. The summed E-state index contributed by atoms with van der Waals surface area (Å²) >= 11 is 5.82. The highest BCUT2D eigenvalue weighted by atomic mass is 35.5. The van der Waals surface area contributed by atoms with Crippen molar-refractivity contribution in [3.8, 4) is 0 Å². The first kappa shape index (κ1) is 13.3. The molecule has 2 heterocycles. The fraction of sp³-hybridized carbons (Fsp3) is 0.750. The molecule has 1 fully saturated rings. The molecule has 5 nitrogen and oxygen atoms in total. The van der Waals surface area contributed by atoms with Gasteiger partial charge in [0.15, 0.2) is 0 Å². The fourth-order valence-corrected chi connectivity index (χ4v) is 2.65. The van der Waals surface area contributed by atoms with E-state index in [0.29, 0.717) is 5.95 Å². The number of nitrogens with zero attached hydrogens (tertiary/aromatic N) is 4. The number of halogens is 1. The third-order valence-electron chi connectivity index (χ3n) is 3.61.